The number of benzene rings is 2. The number of rotatable bonds is 5. The Morgan fingerprint density at radius 1 is 1.06 bits per heavy atom. The molecule has 1 aliphatic carbocycles. The molecular formula is C27H28N4OS. The Morgan fingerprint density at radius 2 is 1.91 bits per heavy atom. The van der Waals surface area contributed by atoms with Crippen molar-refractivity contribution < 1.29 is 5.11 Å². The third-order valence-corrected chi connectivity index (χ3v) is 7.55. The van der Waals surface area contributed by atoms with Gasteiger partial charge < -0.3 is 10.4 Å². The van der Waals surface area contributed by atoms with Crippen LogP contribution in [0.15, 0.2) is 67.0 Å². The van der Waals surface area contributed by atoms with Gasteiger partial charge >= 0.3 is 0 Å². The smallest absolute Gasteiger partial charge is 0.227 e. The second kappa shape index (κ2) is 9.04. The van der Waals surface area contributed by atoms with E-state index in [4.69, 9.17) is 4.98 Å². The summed E-state index contributed by atoms with van der Waals surface area (Å²) in [5.74, 6) is 0.946. The lowest BCUT2D eigenvalue weighted by molar-refractivity contribution is -0.00854. The van der Waals surface area contributed by atoms with E-state index in [0.717, 1.165) is 58.1 Å². The van der Waals surface area contributed by atoms with Gasteiger partial charge in [0.15, 0.2) is 0 Å². The number of aliphatic hydroxyl groups is 1. The van der Waals surface area contributed by atoms with Crippen LogP contribution in [-0.2, 0) is 5.60 Å². The number of thiazole rings is 1. The van der Waals surface area contributed by atoms with Crippen LogP contribution in [-0.4, -0.2) is 20.1 Å². The van der Waals surface area contributed by atoms with Crippen LogP contribution >= 0.6 is 11.3 Å². The highest BCUT2D eigenvalue weighted by atomic mass is 32.1. The average molecular weight is 457 g/mol. The zero-order valence-electron chi connectivity index (χ0n) is 19.0. The fourth-order valence-electron chi connectivity index (χ4n) is 4.72. The van der Waals surface area contributed by atoms with Gasteiger partial charge in [0.1, 0.15) is 10.6 Å². The zero-order chi connectivity index (χ0) is 22.8. The minimum Gasteiger partial charge on any atom is -0.383 e. The highest BCUT2D eigenvalue weighted by molar-refractivity contribution is 7.15. The molecule has 5 rings (SSSR count). The lowest BCUT2D eigenvalue weighted by Crippen LogP contribution is -2.31. The Kier molecular flexibility index (Phi) is 5.96. The first-order valence-corrected chi connectivity index (χ1v) is 12.2. The molecule has 6 heteroatoms. The minimum absolute atomic E-state index is 0.362. The van der Waals surface area contributed by atoms with Crippen molar-refractivity contribution in [3.8, 4) is 10.4 Å². The highest BCUT2D eigenvalue weighted by Crippen LogP contribution is 2.46. The fraction of sp³-hybridized carbons (Fsp3) is 0.296. The molecule has 1 aliphatic rings. The predicted molar refractivity (Wildman–Crippen MR) is 134 cm³/mol. The molecule has 2 N–H and O–H groups in total. The van der Waals surface area contributed by atoms with E-state index in [0.29, 0.717) is 11.9 Å². The molecule has 2 unspecified atom stereocenters. The Bertz CT molecular complexity index is 1260. The first-order valence-electron chi connectivity index (χ1n) is 11.4. The second-order valence-corrected chi connectivity index (χ2v) is 10.0. The molecule has 2 aromatic heterocycles. The zero-order valence-corrected chi connectivity index (χ0v) is 19.8. The van der Waals surface area contributed by atoms with E-state index in [1.165, 1.54) is 5.56 Å². The topological polar surface area (TPSA) is 70.9 Å². The van der Waals surface area contributed by atoms with Crippen molar-refractivity contribution >= 4 is 23.0 Å². The van der Waals surface area contributed by atoms with E-state index in [1.54, 1.807) is 17.5 Å². The van der Waals surface area contributed by atoms with Crippen molar-refractivity contribution in [1.82, 2.24) is 15.0 Å². The molecule has 0 saturated heterocycles. The van der Waals surface area contributed by atoms with E-state index in [1.807, 2.05) is 25.3 Å². The fourth-order valence-corrected chi connectivity index (χ4v) is 5.75. The summed E-state index contributed by atoms with van der Waals surface area (Å²) in [7, 11) is 0. The van der Waals surface area contributed by atoms with Crippen LogP contribution in [0.4, 0.5) is 11.6 Å². The molecule has 0 amide bonds. The van der Waals surface area contributed by atoms with E-state index < -0.39 is 5.60 Å². The average Bonchev–Trinajstić information content (AvgIpc) is 3.31. The van der Waals surface area contributed by atoms with Crippen molar-refractivity contribution in [2.24, 2.45) is 0 Å². The molecule has 0 bridgehead atoms. The molecule has 0 spiro atoms. The summed E-state index contributed by atoms with van der Waals surface area (Å²) < 4.78 is 0. The summed E-state index contributed by atoms with van der Waals surface area (Å²) in [6.07, 6.45) is 7.23. The van der Waals surface area contributed by atoms with Crippen LogP contribution in [0.25, 0.3) is 10.4 Å². The van der Waals surface area contributed by atoms with E-state index in [9.17, 15) is 5.11 Å². The van der Waals surface area contributed by atoms with Gasteiger partial charge in [-0.15, -0.1) is 11.3 Å². The van der Waals surface area contributed by atoms with Crippen LogP contribution in [0, 0.1) is 13.8 Å². The normalized spacial score (nSPS) is 20.5. The molecule has 33 heavy (non-hydrogen) atoms. The van der Waals surface area contributed by atoms with Gasteiger partial charge in [-0.1, -0.05) is 36.4 Å². The highest BCUT2D eigenvalue weighted by Gasteiger charge is 2.38. The largest absolute Gasteiger partial charge is 0.383 e. The molecule has 2 aromatic carbocycles. The Balaban J connectivity index is 1.39. The second-order valence-electron chi connectivity index (χ2n) is 9.00. The van der Waals surface area contributed by atoms with E-state index >= 15 is 0 Å². The summed E-state index contributed by atoms with van der Waals surface area (Å²) in [6.45, 7) is 4.03. The van der Waals surface area contributed by atoms with Gasteiger partial charge in [0, 0.05) is 23.8 Å². The summed E-state index contributed by atoms with van der Waals surface area (Å²) >= 11 is 1.59. The van der Waals surface area contributed by atoms with Gasteiger partial charge in [-0.25, -0.2) is 15.0 Å². The maximum Gasteiger partial charge on any atom is 0.227 e. The van der Waals surface area contributed by atoms with Crippen LogP contribution in [0.5, 0.6) is 0 Å². The van der Waals surface area contributed by atoms with Crippen molar-refractivity contribution in [2.45, 2.75) is 51.0 Å². The molecule has 0 aliphatic heterocycles. The third-order valence-electron chi connectivity index (χ3n) is 6.31. The maximum absolute atomic E-state index is 11.6. The van der Waals surface area contributed by atoms with Crippen molar-refractivity contribution in [3.63, 3.8) is 0 Å². The van der Waals surface area contributed by atoms with Crippen molar-refractivity contribution in [3.05, 3.63) is 88.8 Å². The monoisotopic (exact) mass is 456 g/mol. The first kappa shape index (κ1) is 21.7. The summed E-state index contributed by atoms with van der Waals surface area (Å²) in [6, 6.07) is 18.7. The van der Waals surface area contributed by atoms with Crippen LogP contribution < -0.4 is 5.32 Å². The van der Waals surface area contributed by atoms with Crippen molar-refractivity contribution in [2.75, 3.05) is 5.32 Å². The number of anilines is 2. The van der Waals surface area contributed by atoms with Gasteiger partial charge in [0.25, 0.3) is 0 Å². The molecule has 2 heterocycles. The van der Waals surface area contributed by atoms with Gasteiger partial charge in [-0.2, -0.15) is 0 Å². The molecule has 2 atom stereocenters. The van der Waals surface area contributed by atoms with E-state index in [-0.39, 0.29) is 0 Å². The number of nitrogens with zero attached hydrogens (tertiary/aromatic N) is 3. The molecule has 4 aromatic rings. The predicted octanol–water partition coefficient (Wildman–Crippen LogP) is 6.51. The lowest BCUT2D eigenvalue weighted by atomic mass is 9.75. The Labute approximate surface area is 198 Å². The van der Waals surface area contributed by atoms with Crippen LogP contribution in [0.2, 0.25) is 0 Å². The van der Waals surface area contributed by atoms with Crippen molar-refractivity contribution in [1.29, 1.82) is 0 Å². The summed E-state index contributed by atoms with van der Waals surface area (Å²) in [4.78, 5) is 14.5. The van der Waals surface area contributed by atoms with Gasteiger partial charge in [0.05, 0.1) is 4.88 Å². The van der Waals surface area contributed by atoms with E-state index in [2.05, 4.69) is 64.7 Å². The standard InChI is InChI=1S/C27H28N4OS/c1-18-13-22(15-23(14-18)31-26-28-12-10-19(2)30-26)24-17-29-25(33-24)27(32)11-6-9-21(16-27)20-7-4-3-5-8-20/h3-5,7-8,10,12-15,17,21,32H,6,9,11,16H2,1-2H3,(H,28,30,31). The minimum atomic E-state index is -0.873. The summed E-state index contributed by atoms with van der Waals surface area (Å²) in [5.41, 5.74) is 4.50. The summed E-state index contributed by atoms with van der Waals surface area (Å²) in [5, 5.41) is 15.7. The molecule has 0 radical (unpaired) electrons. The SMILES string of the molecule is Cc1cc(Nc2nccc(C)n2)cc(-c2cnc(C3(O)CCCC(c4ccccc4)C3)s2)c1. The van der Waals surface area contributed by atoms with Crippen LogP contribution in [0.1, 0.15) is 53.4 Å². The Hall–Kier alpha value is -3.09. The number of hydrogen-bond acceptors (Lipinski definition) is 6. The number of aryl methyl sites for hydroxylation is 2. The Morgan fingerprint density at radius 3 is 2.73 bits per heavy atom. The molecule has 168 valence electrons. The number of hydrogen-bond donors (Lipinski definition) is 2. The molecule has 1 saturated carbocycles. The lowest BCUT2D eigenvalue weighted by Gasteiger charge is -2.35. The van der Waals surface area contributed by atoms with Crippen LogP contribution in [0.3, 0.4) is 0 Å². The third kappa shape index (κ3) is 4.82. The quantitative estimate of drug-likeness (QED) is 0.358. The number of aromatic nitrogens is 3. The maximum atomic E-state index is 11.6. The van der Waals surface area contributed by atoms with Gasteiger partial charge in [0.2, 0.25) is 5.95 Å². The molecular weight excluding hydrogens is 428 g/mol. The molecule has 5 nitrogen and oxygen atoms in total. The molecule has 1 fully saturated rings. The number of nitrogens with one attached hydrogen (secondary N) is 1. The van der Waals surface area contributed by atoms with Gasteiger partial charge in [-0.05, 0) is 80.3 Å². The first-order chi connectivity index (χ1) is 16.0. The van der Waals surface area contributed by atoms with Gasteiger partial charge in [-0.3, -0.25) is 0 Å².